The van der Waals surface area contributed by atoms with E-state index in [0.29, 0.717) is 0 Å². The van der Waals surface area contributed by atoms with Gasteiger partial charge in [0.2, 0.25) is 0 Å². The van der Waals surface area contributed by atoms with Crippen LogP contribution in [0.5, 0.6) is 5.75 Å². The summed E-state index contributed by atoms with van der Waals surface area (Å²) in [6, 6.07) is 18.6. The minimum absolute atomic E-state index is 0.213. The highest BCUT2D eigenvalue weighted by Crippen LogP contribution is 2.37. The van der Waals surface area contributed by atoms with Crippen molar-refractivity contribution >= 4 is 11.4 Å². The van der Waals surface area contributed by atoms with E-state index in [9.17, 15) is 0 Å². The van der Waals surface area contributed by atoms with Crippen molar-refractivity contribution in [1.29, 1.82) is 0 Å². The van der Waals surface area contributed by atoms with Crippen LogP contribution in [-0.4, -0.2) is 12.6 Å². The predicted molar refractivity (Wildman–Crippen MR) is 70.0 cm³/mol. The fraction of sp³-hybridized carbons (Fsp3) is 0.200. The maximum atomic E-state index is 5.84. The fourth-order valence-corrected chi connectivity index (χ4v) is 2.24. The molecular weight excluding hydrogens is 210 g/mol. The number of nitrogens with zero attached hydrogens (tertiary/aromatic N) is 1. The SMILES string of the molecule is CC1CN(c2ccccc2)c2ccccc2O1. The van der Waals surface area contributed by atoms with E-state index >= 15 is 0 Å². The number of hydrogen-bond donors (Lipinski definition) is 0. The highest BCUT2D eigenvalue weighted by atomic mass is 16.5. The summed E-state index contributed by atoms with van der Waals surface area (Å²) in [5.41, 5.74) is 2.37. The Morgan fingerprint density at radius 3 is 2.53 bits per heavy atom. The van der Waals surface area contributed by atoms with Crippen LogP contribution >= 0.6 is 0 Å². The van der Waals surface area contributed by atoms with Crippen molar-refractivity contribution in [1.82, 2.24) is 0 Å². The van der Waals surface area contributed by atoms with E-state index in [1.54, 1.807) is 0 Å². The largest absolute Gasteiger partial charge is 0.487 e. The Morgan fingerprint density at radius 1 is 1.00 bits per heavy atom. The van der Waals surface area contributed by atoms with Crippen molar-refractivity contribution < 1.29 is 4.74 Å². The summed E-state index contributed by atoms with van der Waals surface area (Å²) in [7, 11) is 0. The smallest absolute Gasteiger partial charge is 0.143 e. The monoisotopic (exact) mass is 225 g/mol. The molecule has 0 N–H and O–H groups in total. The van der Waals surface area contributed by atoms with Gasteiger partial charge in [0.05, 0.1) is 12.2 Å². The van der Waals surface area contributed by atoms with Crippen molar-refractivity contribution in [3.8, 4) is 5.75 Å². The van der Waals surface area contributed by atoms with Gasteiger partial charge in [0.25, 0.3) is 0 Å². The van der Waals surface area contributed by atoms with Crippen molar-refractivity contribution in [3.05, 3.63) is 54.6 Å². The molecular formula is C15H15NO. The molecule has 1 atom stereocenters. The number of anilines is 2. The van der Waals surface area contributed by atoms with Gasteiger partial charge < -0.3 is 9.64 Å². The first-order valence-corrected chi connectivity index (χ1v) is 5.93. The van der Waals surface area contributed by atoms with Crippen LogP contribution in [0.3, 0.4) is 0 Å². The van der Waals surface area contributed by atoms with Crippen LogP contribution in [0.15, 0.2) is 54.6 Å². The third-order valence-electron chi connectivity index (χ3n) is 2.99. The Kier molecular flexibility index (Phi) is 2.48. The molecule has 0 saturated heterocycles. The molecule has 17 heavy (non-hydrogen) atoms. The lowest BCUT2D eigenvalue weighted by Crippen LogP contribution is -2.35. The van der Waals surface area contributed by atoms with Gasteiger partial charge in [-0.15, -0.1) is 0 Å². The molecule has 0 fully saturated rings. The molecule has 1 aliphatic heterocycles. The fourth-order valence-electron chi connectivity index (χ4n) is 2.24. The molecule has 0 aromatic heterocycles. The Morgan fingerprint density at radius 2 is 1.71 bits per heavy atom. The molecule has 3 rings (SSSR count). The summed E-state index contributed by atoms with van der Waals surface area (Å²) in [5.74, 6) is 0.968. The van der Waals surface area contributed by atoms with E-state index in [2.05, 4.69) is 42.2 Å². The van der Waals surface area contributed by atoms with Crippen molar-refractivity contribution in [2.75, 3.05) is 11.4 Å². The van der Waals surface area contributed by atoms with Crippen LogP contribution in [0.4, 0.5) is 11.4 Å². The average molecular weight is 225 g/mol. The maximum absolute atomic E-state index is 5.84. The first-order valence-electron chi connectivity index (χ1n) is 5.93. The Hall–Kier alpha value is -1.96. The number of rotatable bonds is 1. The maximum Gasteiger partial charge on any atom is 0.143 e. The number of fused-ring (bicyclic) bond motifs is 1. The number of hydrogen-bond acceptors (Lipinski definition) is 2. The van der Waals surface area contributed by atoms with Crippen molar-refractivity contribution in [3.63, 3.8) is 0 Å². The minimum Gasteiger partial charge on any atom is -0.487 e. The molecule has 2 aromatic carbocycles. The average Bonchev–Trinajstić information content (AvgIpc) is 2.39. The summed E-state index contributed by atoms with van der Waals surface area (Å²) >= 11 is 0. The van der Waals surface area contributed by atoms with E-state index in [1.165, 1.54) is 5.69 Å². The first kappa shape index (κ1) is 10.2. The van der Waals surface area contributed by atoms with E-state index in [-0.39, 0.29) is 6.10 Å². The third kappa shape index (κ3) is 1.86. The zero-order valence-electron chi connectivity index (χ0n) is 9.84. The van der Waals surface area contributed by atoms with Crippen LogP contribution in [0.1, 0.15) is 6.92 Å². The van der Waals surface area contributed by atoms with Crippen LogP contribution in [0.25, 0.3) is 0 Å². The summed E-state index contributed by atoms with van der Waals surface area (Å²) in [6.07, 6.45) is 0.213. The number of para-hydroxylation sites is 3. The van der Waals surface area contributed by atoms with Crippen LogP contribution in [-0.2, 0) is 0 Å². The highest BCUT2D eigenvalue weighted by Gasteiger charge is 2.23. The van der Waals surface area contributed by atoms with Gasteiger partial charge in [-0.1, -0.05) is 30.3 Å². The summed E-state index contributed by atoms with van der Waals surface area (Å²) in [5, 5.41) is 0. The topological polar surface area (TPSA) is 12.5 Å². The molecule has 2 nitrogen and oxygen atoms in total. The van der Waals surface area contributed by atoms with E-state index in [0.717, 1.165) is 18.0 Å². The molecule has 0 saturated carbocycles. The molecule has 1 aliphatic rings. The van der Waals surface area contributed by atoms with Gasteiger partial charge in [0.15, 0.2) is 0 Å². The van der Waals surface area contributed by atoms with Gasteiger partial charge >= 0.3 is 0 Å². The molecule has 2 heteroatoms. The molecule has 0 radical (unpaired) electrons. The highest BCUT2D eigenvalue weighted by molar-refractivity contribution is 5.70. The molecule has 2 aromatic rings. The van der Waals surface area contributed by atoms with Gasteiger partial charge in [-0.25, -0.2) is 0 Å². The second-order valence-electron chi connectivity index (χ2n) is 4.34. The molecule has 1 heterocycles. The van der Waals surface area contributed by atoms with Crippen LogP contribution in [0, 0.1) is 0 Å². The Balaban J connectivity index is 2.07. The normalized spacial score (nSPS) is 18.4. The standard InChI is InChI=1S/C15H15NO/c1-12-11-16(13-7-3-2-4-8-13)14-9-5-6-10-15(14)17-12/h2-10,12H,11H2,1H3. The van der Waals surface area contributed by atoms with Gasteiger partial charge in [0, 0.05) is 5.69 Å². The van der Waals surface area contributed by atoms with Gasteiger partial charge in [-0.2, -0.15) is 0 Å². The van der Waals surface area contributed by atoms with Gasteiger partial charge in [-0.3, -0.25) is 0 Å². The Bertz CT molecular complexity index is 509. The van der Waals surface area contributed by atoms with E-state index in [1.807, 2.05) is 24.3 Å². The van der Waals surface area contributed by atoms with E-state index in [4.69, 9.17) is 4.74 Å². The lowest BCUT2D eigenvalue weighted by atomic mass is 10.1. The Labute approximate surface area is 101 Å². The lowest BCUT2D eigenvalue weighted by Gasteiger charge is -2.34. The summed E-state index contributed by atoms with van der Waals surface area (Å²) < 4.78 is 5.84. The van der Waals surface area contributed by atoms with Gasteiger partial charge in [-0.05, 0) is 31.2 Å². The summed E-state index contributed by atoms with van der Waals surface area (Å²) in [6.45, 7) is 2.99. The second kappa shape index (κ2) is 4.13. The van der Waals surface area contributed by atoms with Crippen molar-refractivity contribution in [2.45, 2.75) is 13.0 Å². The second-order valence-corrected chi connectivity index (χ2v) is 4.34. The molecule has 0 spiro atoms. The molecule has 0 bridgehead atoms. The molecule has 0 amide bonds. The molecule has 1 unspecified atom stereocenters. The summed E-state index contributed by atoms with van der Waals surface area (Å²) in [4.78, 5) is 2.31. The van der Waals surface area contributed by atoms with Gasteiger partial charge in [0.1, 0.15) is 11.9 Å². The lowest BCUT2D eigenvalue weighted by molar-refractivity contribution is 0.218. The van der Waals surface area contributed by atoms with Crippen LogP contribution in [0.2, 0.25) is 0 Å². The minimum atomic E-state index is 0.213. The van der Waals surface area contributed by atoms with E-state index < -0.39 is 0 Å². The molecule has 86 valence electrons. The quantitative estimate of drug-likeness (QED) is 0.735. The third-order valence-corrected chi connectivity index (χ3v) is 2.99. The number of benzene rings is 2. The van der Waals surface area contributed by atoms with Crippen LogP contribution < -0.4 is 9.64 Å². The van der Waals surface area contributed by atoms with Crippen molar-refractivity contribution in [2.24, 2.45) is 0 Å². The first-order chi connectivity index (χ1) is 8.34. The number of ether oxygens (including phenoxy) is 1. The zero-order valence-corrected chi connectivity index (χ0v) is 9.84. The zero-order chi connectivity index (χ0) is 11.7. The molecule has 0 aliphatic carbocycles. The predicted octanol–water partition coefficient (Wildman–Crippen LogP) is 3.61.